The molecule has 1 saturated heterocycles. The lowest BCUT2D eigenvalue weighted by Crippen LogP contribution is -2.50. The Labute approximate surface area is 84.0 Å². The molecule has 0 spiro atoms. The SMILES string of the molecule is OC1CN=C(N2CC3CCC2C3)NC1. The second-order valence-corrected chi connectivity index (χ2v) is 4.68. The Balaban J connectivity index is 1.71. The Kier molecular flexibility index (Phi) is 1.90. The van der Waals surface area contributed by atoms with E-state index in [9.17, 15) is 5.11 Å². The molecule has 1 aliphatic carbocycles. The molecular formula is C10H17N3O. The first-order chi connectivity index (χ1) is 6.83. The van der Waals surface area contributed by atoms with Crippen molar-refractivity contribution < 1.29 is 5.11 Å². The van der Waals surface area contributed by atoms with Crippen LogP contribution < -0.4 is 5.32 Å². The molecule has 78 valence electrons. The van der Waals surface area contributed by atoms with Gasteiger partial charge in [0.15, 0.2) is 5.96 Å². The average molecular weight is 195 g/mol. The summed E-state index contributed by atoms with van der Waals surface area (Å²) in [5.74, 6) is 1.93. The van der Waals surface area contributed by atoms with Crippen molar-refractivity contribution in [3.63, 3.8) is 0 Å². The van der Waals surface area contributed by atoms with Crippen LogP contribution in [0.15, 0.2) is 4.99 Å². The van der Waals surface area contributed by atoms with Gasteiger partial charge in [0.2, 0.25) is 0 Å². The van der Waals surface area contributed by atoms with E-state index in [4.69, 9.17) is 0 Å². The van der Waals surface area contributed by atoms with Gasteiger partial charge in [-0.3, -0.25) is 4.99 Å². The first kappa shape index (κ1) is 8.53. The third-order valence-corrected chi connectivity index (χ3v) is 3.63. The highest BCUT2D eigenvalue weighted by Crippen LogP contribution is 2.37. The number of guanidine groups is 1. The number of aliphatic imine (C=N–C) groups is 1. The maximum Gasteiger partial charge on any atom is 0.194 e. The Hall–Kier alpha value is -0.770. The van der Waals surface area contributed by atoms with E-state index in [1.54, 1.807) is 0 Å². The van der Waals surface area contributed by atoms with Gasteiger partial charge in [-0.15, -0.1) is 0 Å². The number of aliphatic hydroxyl groups excluding tert-OH is 1. The van der Waals surface area contributed by atoms with Crippen molar-refractivity contribution in [1.29, 1.82) is 0 Å². The van der Waals surface area contributed by atoms with Gasteiger partial charge in [-0.05, 0) is 25.2 Å². The number of nitrogens with zero attached hydrogens (tertiary/aromatic N) is 2. The topological polar surface area (TPSA) is 47.9 Å². The van der Waals surface area contributed by atoms with Crippen molar-refractivity contribution in [2.45, 2.75) is 31.4 Å². The summed E-state index contributed by atoms with van der Waals surface area (Å²) in [6, 6.07) is 0.724. The van der Waals surface area contributed by atoms with Gasteiger partial charge in [-0.25, -0.2) is 0 Å². The summed E-state index contributed by atoms with van der Waals surface area (Å²) in [5, 5.41) is 12.5. The zero-order chi connectivity index (χ0) is 9.54. The summed E-state index contributed by atoms with van der Waals surface area (Å²) in [6.45, 7) is 2.40. The van der Waals surface area contributed by atoms with Crippen molar-refractivity contribution in [2.75, 3.05) is 19.6 Å². The third kappa shape index (κ3) is 1.29. The number of hydrogen-bond donors (Lipinski definition) is 2. The third-order valence-electron chi connectivity index (χ3n) is 3.63. The molecule has 3 atom stereocenters. The van der Waals surface area contributed by atoms with Gasteiger partial charge < -0.3 is 15.3 Å². The quantitative estimate of drug-likeness (QED) is 0.562. The van der Waals surface area contributed by atoms with Crippen LogP contribution in [0.5, 0.6) is 0 Å². The van der Waals surface area contributed by atoms with Gasteiger partial charge in [0.1, 0.15) is 0 Å². The minimum atomic E-state index is -0.293. The molecule has 4 nitrogen and oxygen atoms in total. The van der Waals surface area contributed by atoms with E-state index >= 15 is 0 Å². The summed E-state index contributed by atoms with van der Waals surface area (Å²) in [7, 11) is 0. The summed E-state index contributed by atoms with van der Waals surface area (Å²) in [6.07, 6.45) is 3.78. The Morgan fingerprint density at radius 1 is 1.43 bits per heavy atom. The summed E-state index contributed by atoms with van der Waals surface area (Å²) in [4.78, 5) is 6.80. The fraction of sp³-hybridized carbons (Fsp3) is 0.900. The van der Waals surface area contributed by atoms with E-state index in [1.807, 2.05) is 0 Å². The molecule has 2 fully saturated rings. The highest BCUT2D eigenvalue weighted by Gasteiger charge is 2.39. The highest BCUT2D eigenvalue weighted by molar-refractivity contribution is 5.81. The Morgan fingerprint density at radius 2 is 2.36 bits per heavy atom. The van der Waals surface area contributed by atoms with Crippen LogP contribution in [0.2, 0.25) is 0 Å². The molecule has 0 aromatic carbocycles. The second-order valence-electron chi connectivity index (χ2n) is 4.68. The summed E-state index contributed by atoms with van der Waals surface area (Å²) < 4.78 is 0. The van der Waals surface area contributed by atoms with E-state index < -0.39 is 0 Å². The van der Waals surface area contributed by atoms with Crippen molar-refractivity contribution in [3.8, 4) is 0 Å². The molecule has 3 aliphatic rings. The van der Waals surface area contributed by atoms with E-state index in [0.29, 0.717) is 13.1 Å². The van der Waals surface area contributed by atoms with Gasteiger partial charge in [0, 0.05) is 19.1 Å². The molecule has 2 N–H and O–H groups in total. The standard InChI is InChI=1S/C10H17N3O/c14-9-4-11-10(12-5-9)13-6-7-1-2-8(13)3-7/h7-9,14H,1-6H2,(H,11,12). The molecule has 4 heteroatoms. The fourth-order valence-corrected chi connectivity index (χ4v) is 2.90. The summed E-state index contributed by atoms with van der Waals surface area (Å²) in [5.41, 5.74) is 0. The van der Waals surface area contributed by atoms with E-state index in [1.165, 1.54) is 25.8 Å². The van der Waals surface area contributed by atoms with Crippen molar-refractivity contribution in [3.05, 3.63) is 0 Å². The first-order valence-electron chi connectivity index (χ1n) is 5.56. The van der Waals surface area contributed by atoms with E-state index in [-0.39, 0.29) is 6.10 Å². The van der Waals surface area contributed by atoms with E-state index in [0.717, 1.165) is 17.9 Å². The molecule has 2 bridgehead atoms. The maximum atomic E-state index is 9.31. The normalized spacial score (nSPS) is 41.1. The fourth-order valence-electron chi connectivity index (χ4n) is 2.90. The largest absolute Gasteiger partial charge is 0.389 e. The van der Waals surface area contributed by atoms with Gasteiger partial charge >= 0.3 is 0 Å². The van der Waals surface area contributed by atoms with Crippen molar-refractivity contribution in [2.24, 2.45) is 10.9 Å². The van der Waals surface area contributed by atoms with Gasteiger partial charge in [-0.1, -0.05) is 0 Å². The number of rotatable bonds is 0. The molecular weight excluding hydrogens is 178 g/mol. The van der Waals surface area contributed by atoms with Crippen LogP contribution in [0.4, 0.5) is 0 Å². The predicted molar refractivity (Wildman–Crippen MR) is 54.1 cm³/mol. The average Bonchev–Trinajstić information content (AvgIpc) is 2.80. The first-order valence-corrected chi connectivity index (χ1v) is 5.56. The minimum Gasteiger partial charge on any atom is -0.389 e. The summed E-state index contributed by atoms with van der Waals surface area (Å²) >= 11 is 0. The second kappa shape index (κ2) is 3.12. The lowest BCUT2D eigenvalue weighted by Gasteiger charge is -2.33. The number of likely N-dealkylation sites (tertiary alicyclic amines) is 1. The van der Waals surface area contributed by atoms with Crippen LogP contribution in [0.25, 0.3) is 0 Å². The molecule has 3 unspecified atom stereocenters. The Morgan fingerprint density at radius 3 is 2.93 bits per heavy atom. The van der Waals surface area contributed by atoms with Crippen molar-refractivity contribution >= 4 is 5.96 Å². The van der Waals surface area contributed by atoms with Crippen molar-refractivity contribution in [1.82, 2.24) is 10.2 Å². The predicted octanol–water partition coefficient (Wildman–Crippen LogP) is -0.209. The van der Waals surface area contributed by atoms with Crippen LogP contribution in [-0.2, 0) is 0 Å². The van der Waals surface area contributed by atoms with Crippen LogP contribution >= 0.6 is 0 Å². The molecule has 2 aliphatic heterocycles. The van der Waals surface area contributed by atoms with E-state index in [2.05, 4.69) is 15.2 Å². The molecule has 3 rings (SSSR count). The van der Waals surface area contributed by atoms with Gasteiger partial charge in [-0.2, -0.15) is 0 Å². The number of piperidine rings is 1. The minimum absolute atomic E-state index is 0.293. The number of hydrogen-bond acceptors (Lipinski definition) is 4. The van der Waals surface area contributed by atoms with Crippen LogP contribution in [0.3, 0.4) is 0 Å². The molecule has 0 aromatic rings. The molecule has 14 heavy (non-hydrogen) atoms. The molecule has 0 amide bonds. The number of aliphatic hydroxyl groups is 1. The van der Waals surface area contributed by atoms with Crippen LogP contribution in [0, 0.1) is 5.92 Å². The zero-order valence-corrected chi connectivity index (χ0v) is 8.32. The smallest absolute Gasteiger partial charge is 0.194 e. The van der Waals surface area contributed by atoms with Crippen LogP contribution in [-0.4, -0.2) is 47.7 Å². The zero-order valence-electron chi connectivity index (χ0n) is 8.32. The monoisotopic (exact) mass is 195 g/mol. The van der Waals surface area contributed by atoms with Crippen LogP contribution in [0.1, 0.15) is 19.3 Å². The maximum absolute atomic E-state index is 9.31. The van der Waals surface area contributed by atoms with Gasteiger partial charge in [0.25, 0.3) is 0 Å². The molecule has 0 aromatic heterocycles. The lowest BCUT2D eigenvalue weighted by atomic mass is 10.1. The molecule has 1 saturated carbocycles. The van der Waals surface area contributed by atoms with Gasteiger partial charge in [0.05, 0.1) is 12.6 Å². The number of β-amino-alcohol motifs (C(OH)–C–C–N with tert-alkyl or cyclic N) is 1. The lowest BCUT2D eigenvalue weighted by molar-refractivity contribution is 0.175. The number of nitrogens with one attached hydrogen (secondary N) is 1. The Bertz CT molecular complexity index is 266. The molecule has 0 radical (unpaired) electrons. The number of fused-ring (bicyclic) bond motifs is 2. The molecule has 2 heterocycles. The highest BCUT2D eigenvalue weighted by atomic mass is 16.3.